The molecule has 1 aliphatic carbocycles. The van der Waals surface area contributed by atoms with E-state index >= 15 is 0 Å². The number of carbonyl (C=O) groups is 1. The maximum absolute atomic E-state index is 12.9. The second-order valence-corrected chi connectivity index (χ2v) is 6.35. The molecule has 1 heterocycles. The van der Waals surface area contributed by atoms with Crippen molar-refractivity contribution in [2.75, 3.05) is 11.9 Å². The second kappa shape index (κ2) is 7.01. The number of amides is 2. The number of nitrogens with one attached hydrogen (secondary N) is 2. The molecule has 0 aliphatic heterocycles. The molecule has 0 saturated heterocycles. The van der Waals surface area contributed by atoms with Gasteiger partial charge in [-0.1, -0.05) is 0 Å². The van der Waals surface area contributed by atoms with Crippen LogP contribution in [0.5, 0.6) is 0 Å². The van der Waals surface area contributed by atoms with Crippen molar-refractivity contribution in [2.45, 2.75) is 25.4 Å². The summed E-state index contributed by atoms with van der Waals surface area (Å²) in [5.74, 6) is 0.447. The summed E-state index contributed by atoms with van der Waals surface area (Å²) in [4.78, 5) is 16.1. The molecule has 8 heteroatoms. The molecule has 1 aromatic heterocycles. The summed E-state index contributed by atoms with van der Waals surface area (Å²) in [7, 11) is 0. The zero-order valence-corrected chi connectivity index (χ0v) is 13.1. The minimum absolute atomic E-state index is 0.244. The number of anilines is 1. The van der Waals surface area contributed by atoms with Crippen molar-refractivity contribution in [3.05, 3.63) is 30.1 Å². The van der Waals surface area contributed by atoms with Crippen molar-refractivity contribution in [2.24, 2.45) is 5.92 Å². The lowest BCUT2D eigenvalue weighted by Crippen LogP contribution is -2.32. The normalized spacial score (nSPS) is 20.4. The maximum Gasteiger partial charge on any atom is 0.321 e. The number of hydrogen-bond donors (Lipinski definition) is 3. The highest BCUT2D eigenvalue weighted by Crippen LogP contribution is 2.24. The second-order valence-electron chi connectivity index (χ2n) is 5.60. The Labute approximate surface area is 136 Å². The van der Waals surface area contributed by atoms with E-state index in [1.807, 2.05) is 0 Å². The van der Waals surface area contributed by atoms with Gasteiger partial charge < -0.3 is 10.4 Å². The van der Waals surface area contributed by atoms with Crippen molar-refractivity contribution >= 4 is 22.7 Å². The highest BCUT2D eigenvalue weighted by molar-refractivity contribution is 7.10. The molecule has 0 spiro atoms. The number of urea groups is 1. The Balaban J connectivity index is 1.52. The fourth-order valence-corrected chi connectivity index (χ4v) is 3.19. The van der Waals surface area contributed by atoms with Gasteiger partial charge in [0.15, 0.2) is 5.82 Å². The summed E-state index contributed by atoms with van der Waals surface area (Å²) < 4.78 is 17.0. The Kier molecular flexibility index (Phi) is 4.82. The van der Waals surface area contributed by atoms with Crippen molar-refractivity contribution < 1.29 is 14.3 Å². The Bertz CT molecular complexity index is 676. The van der Waals surface area contributed by atoms with Gasteiger partial charge in [-0.2, -0.15) is 9.36 Å². The Morgan fingerprint density at radius 3 is 2.83 bits per heavy atom. The molecule has 0 bridgehead atoms. The lowest BCUT2D eigenvalue weighted by atomic mass is 10.1. The van der Waals surface area contributed by atoms with Crippen LogP contribution in [0.25, 0.3) is 11.4 Å². The molecule has 23 heavy (non-hydrogen) atoms. The third-order valence-corrected chi connectivity index (χ3v) is 4.44. The molecule has 3 rings (SSSR count). The smallest absolute Gasteiger partial charge is 0.321 e. The average Bonchev–Trinajstić information content (AvgIpc) is 3.15. The van der Waals surface area contributed by atoms with Gasteiger partial charge in [-0.05, 0) is 49.4 Å². The van der Waals surface area contributed by atoms with E-state index in [1.54, 1.807) is 12.1 Å². The molecule has 2 atom stereocenters. The minimum Gasteiger partial charge on any atom is -0.393 e. The van der Waals surface area contributed by atoms with Crippen LogP contribution in [0.2, 0.25) is 0 Å². The van der Waals surface area contributed by atoms with E-state index in [4.69, 9.17) is 0 Å². The van der Waals surface area contributed by atoms with Crippen LogP contribution in [-0.2, 0) is 0 Å². The number of aromatic nitrogens is 2. The molecule has 1 fully saturated rings. The topological polar surface area (TPSA) is 87.1 Å². The van der Waals surface area contributed by atoms with E-state index in [0.717, 1.165) is 30.8 Å². The first kappa shape index (κ1) is 15.8. The number of carbonyl (C=O) groups excluding carboxylic acids is 1. The van der Waals surface area contributed by atoms with Gasteiger partial charge in [0.25, 0.3) is 0 Å². The van der Waals surface area contributed by atoms with Gasteiger partial charge in [-0.3, -0.25) is 5.32 Å². The fourth-order valence-electron chi connectivity index (χ4n) is 2.60. The number of nitrogens with zero attached hydrogens (tertiary/aromatic N) is 2. The van der Waals surface area contributed by atoms with E-state index in [9.17, 15) is 14.3 Å². The Hall–Kier alpha value is -2.06. The van der Waals surface area contributed by atoms with Crippen molar-refractivity contribution in [1.82, 2.24) is 14.7 Å². The van der Waals surface area contributed by atoms with Crippen LogP contribution < -0.4 is 10.6 Å². The van der Waals surface area contributed by atoms with Crippen LogP contribution in [0.4, 0.5) is 14.3 Å². The van der Waals surface area contributed by atoms with Crippen LogP contribution in [0.3, 0.4) is 0 Å². The summed E-state index contributed by atoms with van der Waals surface area (Å²) in [6.07, 6.45) is 2.21. The largest absolute Gasteiger partial charge is 0.393 e. The van der Waals surface area contributed by atoms with Gasteiger partial charge in [-0.25, -0.2) is 9.18 Å². The molecule has 2 unspecified atom stereocenters. The number of hydrogen-bond acceptors (Lipinski definition) is 5. The predicted octanol–water partition coefficient (Wildman–Crippen LogP) is 2.63. The Morgan fingerprint density at radius 1 is 1.35 bits per heavy atom. The quantitative estimate of drug-likeness (QED) is 0.801. The van der Waals surface area contributed by atoms with Crippen molar-refractivity contribution in [3.8, 4) is 11.4 Å². The Morgan fingerprint density at radius 2 is 2.13 bits per heavy atom. The van der Waals surface area contributed by atoms with Gasteiger partial charge in [0.2, 0.25) is 5.13 Å². The van der Waals surface area contributed by atoms with Gasteiger partial charge in [-0.15, -0.1) is 0 Å². The summed E-state index contributed by atoms with van der Waals surface area (Å²) in [5.41, 5.74) is 0.691. The van der Waals surface area contributed by atoms with Gasteiger partial charge in [0.1, 0.15) is 5.82 Å². The van der Waals surface area contributed by atoms with Gasteiger partial charge in [0, 0.05) is 23.6 Å². The van der Waals surface area contributed by atoms with Crippen LogP contribution in [0, 0.1) is 11.7 Å². The first-order valence-electron chi connectivity index (χ1n) is 7.42. The molecule has 2 amide bonds. The van der Waals surface area contributed by atoms with Gasteiger partial charge in [0.05, 0.1) is 6.10 Å². The molecule has 122 valence electrons. The minimum atomic E-state index is -0.340. The summed E-state index contributed by atoms with van der Waals surface area (Å²) >= 11 is 1.07. The molecule has 1 saturated carbocycles. The fraction of sp³-hybridized carbons (Fsp3) is 0.400. The number of halogens is 1. The average molecular weight is 336 g/mol. The number of benzene rings is 1. The molecule has 0 radical (unpaired) electrons. The lowest BCUT2D eigenvalue weighted by molar-refractivity contribution is 0.177. The summed E-state index contributed by atoms with van der Waals surface area (Å²) in [6.45, 7) is 0.534. The molecule has 2 aromatic rings. The predicted molar refractivity (Wildman–Crippen MR) is 85.7 cm³/mol. The van der Waals surface area contributed by atoms with E-state index < -0.39 is 0 Å². The van der Waals surface area contributed by atoms with Crippen LogP contribution >= 0.6 is 11.5 Å². The number of rotatable bonds is 4. The molecular weight excluding hydrogens is 319 g/mol. The zero-order chi connectivity index (χ0) is 16.2. The summed E-state index contributed by atoms with van der Waals surface area (Å²) in [5, 5.41) is 15.3. The molecular formula is C15H17FN4O2S. The van der Waals surface area contributed by atoms with E-state index in [2.05, 4.69) is 20.0 Å². The van der Waals surface area contributed by atoms with Gasteiger partial charge >= 0.3 is 6.03 Å². The van der Waals surface area contributed by atoms with Crippen LogP contribution in [-0.4, -0.2) is 33.1 Å². The van der Waals surface area contributed by atoms with E-state index in [1.165, 1.54) is 12.1 Å². The highest BCUT2D eigenvalue weighted by atomic mass is 32.1. The zero-order valence-electron chi connectivity index (χ0n) is 12.3. The van der Waals surface area contributed by atoms with E-state index in [-0.39, 0.29) is 18.0 Å². The SMILES string of the molecule is O=C(NCC1CCC(O)C1)Nc1nc(-c2ccc(F)cc2)ns1. The van der Waals surface area contributed by atoms with Crippen molar-refractivity contribution in [3.63, 3.8) is 0 Å². The highest BCUT2D eigenvalue weighted by Gasteiger charge is 2.23. The first-order valence-corrected chi connectivity index (χ1v) is 8.20. The maximum atomic E-state index is 12.9. The third kappa shape index (κ3) is 4.23. The molecule has 3 N–H and O–H groups in total. The van der Waals surface area contributed by atoms with Crippen LogP contribution in [0.15, 0.2) is 24.3 Å². The standard InChI is InChI=1S/C15H17FN4O2S/c16-11-4-2-10(3-5-11)13-18-15(23-20-13)19-14(22)17-8-9-1-6-12(21)7-9/h2-5,9,12,21H,1,6-8H2,(H2,17,18,19,20,22). The molecule has 1 aliphatic rings. The monoisotopic (exact) mass is 336 g/mol. The first-order chi connectivity index (χ1) is 11.1. The van der Waals surface area contributed by atoms with Crippen molar-refractivity contribution in [1.29, 1.82) is 0 Å². The number of aliphatic hydroxyl groups excluding tert-OH is 1. The van der Waals surface area contributed by atoms with E-state index in [0.29, 0.717) is 29.0 Å². The third-order valence-electron chi connectivity index (χ3n) is 3.81. The number of aliphatic hydroxyl groups is 1. The molecule has 1 aromatic carbocycles. The molecule has 6 nitrogen and oxygen atoms in total. The lowest BCUT2D eigenvalue weighted by Gasteiger charge is -2.10. The summed E-state index contributed by atoms with van der Waals surface area (Å²) in [6, 6.07) is 5.52. The van der Waals surface area contributed by atoms with Crippen LogP contribution in [0.1, 0.15) is 19.3 Å².